The number of anilines is 1. The highest BCUT2D eigenvalue weighted by atomic mass is 15.0. The van der Waals surface area contributed by atoms with Gasteiger partial charge in [-0.15, -0.1) is 0 Å². The Morgan fingerprint density at radius 2 is 2.27 bits per heavy atom. The molecule has 0 amide bonds. The summed E-state index contributed by atoms with van der Waals surface area (Å²) < 4.78 is 0. The number of hydrogen-bond donors (Lipinski definition) is 1. The maximum atomic E-state index is 4.36. The topological polar surface area (TPSA) is 24.9 Å². The van der Waals surface area contributed by atoms with Crippen LogP contribution in [0.25, 0.3) is 0 Å². The lowest BCUT2D eigenvalue weighted by atomic mass is 9.81. The predicted molar refractivity (Wildman–Crippen MR) is 64.0 cm³/mol. The van der Waals surface area contributed by atoms with Crippen LogP contribution in [-0.2, 0) is 0 Å². The lowest BCUT2D eigenvalue weighted by molar-refractivity contribution is 0.285. The normalized spacial score (nSPS) is 18.3. The van der Waals surface area contributed by atoms with Crippen LogP contribution in [0.2, 0.25) is 0 Å². The van der Waals surface area contributed by atoms with Gasteiger partial charge in [-0.05, 0) is 37.8 Å². The summed E-state index contributed by atoms with van der Waals surface area (Å²) in [5.41, 5.74) is 1.21. The second-order valence-corrected chi connectivity index (χ2v) is 4.80. The van der Waals surface area contributed by atoms with E-state index in [0.29, 0.717) is 6.04 Å². The fourth-order valence-electron chi connectivity index (χ4n) is 2.09. The van der Waals surface area contributed by atoms with E-state index in [1.165, 1.54) is 31.2 Å². The molecule has 1 heterocycles. The minimum absolute atomic E-state index is 0.547. The molecule has 2 rings (SSSR count). The average Bonchev–Trinajstić information content (AvgIpc) is 2.16. The number of rotatable bonds is 4. The molecule has 1 saturated carbocycles. The summed E-state index contributed by atoms with van der Waals surface area (Å²) in [5, 5.41) is 3.46. The Morgan fingerprint density at radius 1 is 1.47 bits per heavy atom. The van der Waals surface area contributed by atoms with Crippen LogP contribution < -0.4 is 5.32 Å². The zero-order valence-electron chi connectivity index (χ0n) is 9.66. The minimum Gasteiger partial charge on any atom is -0.368 e. The van der Waals surface area contributed by atoms with E-state index < -0.39 is 0 Å². The molecule has 2 heteroatoms. The fourth-order valence-corrected chi connectivity index (χ4v) is 2.09. The summed E-state index contributed by atoms with van der Waals surface area (Å²) in [6, 6.07) is 4.71. The Bertz CT molecular complexity index is 301. The van der Waals surface area contributed by atoms with Gasteiger partial charge in [0.25, 0.3) is 0 Å². The van der Waals surface area contributed by atoms with Crippen LogP contribution >= 0.6 is 0 Å². The molecule has 0 aromatic carbocycles. The molecule has 2 nitrogen and oxygen atoms in total. The number of nitrogens with zero attached hydrogens (tertiary/aromatic N) is 1. The molecule has 0 aliphatic heterocycles. The number of aromatic nitrogens is 1. The summed E-state index contributed by atoms with van der Waals surface area (Å²) in [7, 11) is 0. The summed E-state index contributed by atoms with van der Waals surface area (Å²) >= 11 is 0. The van der Waals surface area contributed by atoms with E-state index in [0.717, 1.165) is 11.7 Å². The van der Waals surface area contributed by atoms with Gasteiger partial charge in [-0.25, -0.2) is 4.98 Å². The summed E-state index contributed by atoms with van der Waals surface area (Å²) in [6.45, 7) is 4.31. The monoisotopic (exact) mass is 204 g/mol. The van der Waals surface area contributed by atoms with E-state index in [4.69, 9.17) is 0 Å². The van der Waals surface area contributed by atoms with Crippen molar-refractivity contribution < 1.29 is 0 Å². The largest absolute Gasteiger partial charge is 0.368 e. The van der Waals surface area contributed by atoms with E-state index in [2.05, 4.69) is 36.3 Å². The third-order valence-corrected chi connectivity index (χ3v) is 3.22. The van der Waals surface area contributed by atoms with Crippen molar-refractivity contribution in [2.75, 3.05) is 5.32 Å². The van der Waals surface area contributed by atoms with Crippen LogP contribution in [0.5, 0.6) is 0 Å². The molecule has 0 radical (unpaired) electrons. The maximum absolute atomic E-state index is 4.36. The van der Waals surface area contributed by atoms with Crippen molar-refractivity contribution in [1.29, 1.82) is 0 Å². The van der Waals surface area contributed by atoms with Gasteiger partial charge in [-0.3, -0.25) is 0 Å². The number of aryl methyl sites for hydroxylation is 1. The Labute approximate surface area is 92.1 Å². The summed E-state index contributed by atoms with van der Waals surface area (Å²) in [5.74, 6) is 1.96. The van der Waals surface area contributed by atoms with Crippen molar-refractivity contribution in [2.24, 2.45) is 5.92 Å². The first kappa shape index (κ1) is 10.5. The van der Waals surface area contributed by atoms with E-state index in [1.54, 1.807) is 0 Å². The van der Waals surface area contributed by atoms with Crippen LogP contribution in [-0.4, -0.2) is 11.0 Å². The van der Waals surface area contributed by atoms with Crippen molar-refractivity contribution in [2.45, 2.75) is 45.6 Å². The van der Waals surface area contributed by atoms with E-state index in [-0.39, 0.29) is 0 Å². The Balaban J connectivity index is 1.82. The Kier molecular flexibility index (Phi) is 3.24. The first-order valence-electron chi connectivity index (χ1n) is 5.93. The molecule has 1 aliphatic rings. The van der Waals surface area contributed by atoms with E-state index in [9.17, 15) is 0 Å². The highest BCUT2D eigenvalue weighted by Gasteiger charge is 2.19. The van der Waals surface area contributed by atoms with Gasteiger partial charge < -0.3 is 5.32 Å². The van der Waals surface area contributed by atoms with Gasteiger partial charge in [0.15, 0.2) is 0 Å². The third kappa shape index (κ3) is 2.95. The molecule has 1 atom stereocenters. The van der Waals surface area contributed by atoms with Crippen LogP contribution in [0.4, 0.5) is 5.82 Å². The molecule has 82 valence electrons. The van der Waals surface area contributed by atoms with Crippen molar-refractivity contribution in [3.63, 3.8) is 0 Å². The standard InChI is InChI=1S/C13H20N2/c1-10-6-7-13(14-9-10)15-11(2)8-12-4-3-5-12/h6-7,9,11-12H,3-5,8H2,1-2H3,(H,14,15). The van der Waals surface area contributed by atoms with Gasteiger partial charge in [-0.2, -0.15) is 0 Å². The molecule has 1 N–H and O–H groups in total. The second kappa shape index (κ2) is 4.65. The van der Waals surface area contributed by atoms with Crippen LogP contribution in [0.1, 0.15) is 38.2 Å². The van der Waals surface area contributed by atoms with Gasteiger partial charge in [0.2, 0.25) is 0 Å². The zero-order chi connectivity index (χ0) is 10.7. The fraction of sp³-hybridized carbons (Fsp3) is 0.615. The second-order valence-electron chi connectivity index (χ2n) is 4.80. The maximum Gasteiger partial charge on any atom is 0.126 e. The molecule has 15 heavy (non-hydrogen) atoms. The highest BCUT2D eigenvalue weighted by molar-refractivity contribution is 5.36. The molecule has 1 aromatic heterocycles. The Hall–Kier alpha value is -1.05. The first-order valence-corrected chi connectivity index (χ1v) is 5.93. The van der Waals surface area contributed by atoms with Crippen molar-refractivity contribution in [3.8, 4) is 0 Å². The molecule has 0 saturated heterocycles. The highest BCUT2D eigenvalue weighted by Crippen LogP contribution is 2.30. The van der Waals surface area contributed by atoms with Gasteiger partial charge in [0, 0.05) is 12.2 Å². The molecule has 1 aromatic rings. The van der Waals surface area contributed by atoms with Gasteiger partial charge in [0.05, 0.1) is 0 Å². The molecule has 1 fully saturated rings. The number of hydrogen-bond acceptors (Lipinski definition) is 2. The van der Waals surface area contributed by atoms with Crippen molar-refractivity contribution in [3.05, 3.63) is 23.9 Å². The lowest BCUT2D eigenvalue weighted by Gasteiger charge is -2.28. The minimum atomic E-state index is 0.547. The number of nitrogens with one attached hydrogen (secondary N) is 1. The van der Waals surface area contributed by atoms with Gasteiger partial charge in [0.1, 0.15) is 5.82 Å². The van der Waals surface area contributed by atoms with Crippen LogP contribution in [0, 0.1) is 12.8 Å². The molecular weight excluding hydrogens is 184 g/mol. The quantitative estimate of drug-likeness (QED) is 0.813. The molecule has 0 spiro atoms. The lowest BCUT2D eigenvalue weighted by Crippen LogP contribution is -2.23. The average molecular weight is 204 g/mol. The smallest absolute Gasteiger partial charge is 0.126 e. The van der Waals surface area contributed by atoms with Crippen molar-refractivity contribution in [1.82, 2.24) is 4.98 Å². The van der Waals surface area contributed by atoms with Crippen molar-refractivity contribution >= 4 is 5.82 Å². The number of pyridine rings is 1. The van der Waals surface area contributed by atoms with Gasteiger partial charge >= 0.3 is 0 Å². The third-order valence-electron chi connectivity index (χ3n) is 3.22. The first-order chi connectivity index (χ1) is 7.24. The Morgan fingerprint density at radius 3 is 2.80 bits per heavy atom. The predicted octanol–water partition coefficient (Wildman–Crippen LogP) is 3.38. The molecule has 1 aliphatic carbocycles. The SMILES string of the molecule is Cc1ccc(NC(C)CC2CCC2)nc1. The van der Waals surface area contributed by atoms with E-state index >= 15 is 0 Å². The molecule has 0 bridgehead atoms. The van der Waals surface area contributed by atoms with Crippen LogP contribution in [0.3, 0.4) is 0 Å². The molecule has 1 unspecified atom stereocenters. The van der Waals surface area contributed by atoms with Crippen LogP contribution in [0.15, 0.2) is 18.3 Å². The molecular formula is C13H20N2. The zero-order valence-corrected chi connectivity index (χ0v) is 9.66. The van der Waals surface area contributed by atoms with E-state index in [1.807, 2.05) is 6.20 Å². The summed E-state index contributed by atoms with van der Waals surface area (Å²) in [6.07, 6.45) is 7.48. The van der Waals surface area contributed by atoms with Gasteiger partial charge in [-0.1, -0.05) is 25.3 Å². The summed E-state index contributed by atoms with van der Waals surface area (Å²) in [4.78, 5) is 4.36.